The van der Waals surface area contributed by atoms with Crippen molar-refractivity contribution in [2.24, 2.45) is 5.92 Å². The summed E-state index contributed by atoms with van der Waals surface area (Å²) in [6.45, 7) is 4.52. The molecular formula is C28H35NO8. The third-order valence-corrected chi connectivity index (χ3v) is 6.22. The van der Waals surface area contributed by atoms with Crippen LogP contribution < -0.4 is 14.8 Å². The number of benzene rings is 2. The molecule has 9 heteroatoms. The first-order valence-corrected chi connectivity index (χ1v) is 12.7. The number of ether oxygens (including phenoxy) is 6. The predicted molar refractivity (Wildman–Crippen MR) is 135 cm³/mol. The summed E-state index contributed by atoms with van der Waals surface area (Å²) in [6, 6.07) is 15.6. The van der Waals surface area contributed by atoms with E-state index in [0.717, 1.165) is 11.1 Å². The van der Waals surface area contributed by atoms with E-state index in [1.807, 2.05) is 61.5 Å². The van der Waals surface area contributed by atoms with Crippen LogP contribution in [0.5, 0.6) is 11.5 Å². The molecule has 2 aromatic rings. The Morgan fingerprint density at radius 3 is 2.59 bits per heavy atom. The van der Waals surface area contributed by atoms with Gasteiger partial charge in [-0.3, -0.25) is 4.79 Å². The number of hydrogen-bond acceptors (Lipinski definition) is 8. The quantitative estimate of drug-likeness (QED) is 0.372. The van der Waals surface area contributed by atoms with Crippen LogP contribution >= 0.6 is 0 Å². The van der Waals surface area contributed by atoms with Crippen LogP contribution in [0.15, 0.2) is 60.4 Å². The summed E-state index contributed by atoms with van der Waals surface area (Å²) in [5, 5.41) is 11.8. The number of carbonyl (C=O) groups is 1. The van der Waals surface area contributed by atoms with E-state index < -0.39 is 6.29 Å². The molecule has 4 rings (SSSR count). The number of nitrogens with one attached hydrogen (secondary N) is 1. The summed E-state index contributed by atoms with van der Waals surface area (Å²) in [5.74, 6) is 1.16. The van der Waals surface area contributed by atoms with Gasteiger partial charge in [-0.1, -0.05) is 36.4 Å². The largest absolute Gasteiger partial charge is 0.459 e. The monoisotopic (exact) mass is 513 g/mol. The molecule has 37 heavy (non-hydrogen) atoms. The summed E-state index contributed by atoms with van der Waals surface area (Å²) in [5.41, 5.74) is 1.97. The number of carbonyl (C=O) groups excluding carboxylic acids is 1. The van der Waals surface area contributed by atoms with E-state index in [2.05, 4.69) is 5.32 Å². The minimum Gasteiger partial charge on any atom is -0.459 e. The van der Waals surface area contributed by atoms with Crippen molar-refractivity contribution in [1.82, 2.24) is 5.32 Å². The van der Waals surface area contributed by atoms with Gasteiger partial charge in [0, 0.05) is 31.6 Å². The molecule has 2 heterocycles. The summed E-state index contributed by atoms with van der Waals surface area (Å²) >= 11 is 0. The molecular weight excluding hydrogens is 478 g/mol. The van der Waals surface area contributed by atoms with E-state index in [0.29, 0.717) is 57.5 Å². The Kier molecular flexibility index (Phi) is 10.2. The highest BCUT2D eigenvalue weighted by Gasteiger charge is 2.38. The first-order valence-electron chi connectivity index (χ1n) is 12.7. The average Bonchev–Trinajstić information content (AvgIpc) is 3.40. The maximum atomic E-state index is 13.2. The SMILES string of the molecule is CCO[C@H]1OC(C(=O)NCc2ccc3c(c2)OCO3)=C[C@@H](c2ccccc2)[C@H]1CCOCCOCCO. The lowest BCUT2D eigenvalue weighted by Crippen LogP contribution is -2.39. The fraction of sp³-hybridized carbons (Fsp3) is 0.464. The Morgan fingerprint density at radius 1 is 1.03 bits per heavy atom. The van der Waals surface area contributed by atoms with Crippen molar-refractivity contribution < 1.29 is 38.3 Å². The number of aliphatic hydroxyl groups excluding tert-OH is 1. The van der Waals surface area contributed by atoms with Crippen molar-refractivity contribution in [3.63, 3.8) is 0 Å². The zero-order valence-corrected chi connectivity index (χ0v) is 21.1. The molecule has 0 bridgehead atoms. The van der Waals surface area contributed by atoms with Crippen molar-refractivity contribution in [2.45, 2.75) is 32.1 Å². The smallest absolute Gasteiger partial charge is 0.286 e. The van der Waals surface area contributed by atoms with Crippen LogP contribution in [-0.2, 0) is 30.3 Å². The number of amides is 1. The Morgan fingerprint density at radius 2 is 1.81 bits per heavy atom. The minimum absolute atomic E-state index is 0.00680. The summed E-state index contributed by atoms with van der Waals surface area (Å²) < 4.78 is 33.9. The highest BCUT2D eigenvalue weighted by atomic mass is 16.7. The molecule has 3 atom stereocenters. The molecule has 0 aliphatic carbocycles. The summed E-state index contributed by atoms with van der Waals surface area (Å²) in [4.78, 5) is 13.2. The van der Waals surface area contributed by atoms with Crippen LogP contribution in [-0.4, -0.2) is 63.7 Å². The number of rotatable bonds is 14. The normalized spacial score (nSPS) is 20.3. The molecule has 9 nitrogen and oxygen atoms in total. The maximum absolute atomic E-state index is 13.2. The van der Waals surface area contributed by atoms with E-state index in [4.69, 9.17) is 33.5 Å². The molecule has 0 fully saturated rings. The van der Waals surface area contributed by atoms with Gasteiger partial charge in [-0.05, 0) is 42.7 Å². The Hall–Kier alpha value is -3.11. The third kappa shape index (κ3) is 7.45. The summed E-state index contributed by atoms with van der Waals surface area (Å²) in [7, 11) is 0. The average molecular weight is 514 g/mol. The van der Waals surface area contributed by atoms with Crippen molar-refractivity contribution in [3.05, 3.63) is 71.5 Å². The minimum atomic E-state index is -0.597. The van der Waals surface area contributed by atoms with Gasteiger partial charge in [0.2, 0.25) is 13.1 Å². The lowest BCUT2D eigenvalue weighted by atomic mass is 9.81. The lowest BCUT2D eigenvalue weighted by molar-refractivity contribution is -0.168. The van der Waals surface area contributed by atoms with Gasteiger partial charge in [-0.2, -0.15) is 0 Å². The van der Waals surface area contributed by atoms with E-state index in [1.54, 1.807) is 0 Å². The number of hydrogen-bond donors (Lipinski definition) is 2. The van der Waals surface area contributed by atoms with Crippen LogP contribution in [0.1, 0.15) is 30.4 Å². The fourth-order valence-electron chi connectivity index (χ4n) is 4.42. The van der Waals surface area contributed by atoms with Crippen molar-refractivity contribution in [2.75, 3.05) is 46.4 Å². The van der Waals surface area contributed by atoms with Gasteiger partial charge in [0.05, 0.1) is 26.4 Å². The van der Waals surface area contributed by atoms with Gasteiger partial charge in [-0.25, -0.2) is 0 Å². The zero-order chi connectivity index (χ0) is 25.9. The van der Waals surface area contributed by atoms with E-state index in [-0.39, 0.29) is 36.9 Å². The number of aliphatic hydroxyl groups is 1. The molecule has 2 aromatic carbocycles. The fourth-order valence-corrected chi connectivity index (χ4v) is 4.42. The number of fused-ring (bicyclic) bond motifs is 1. The topological polar surface area (TPSA) is 105 Å². The molecule has 2 aliphatic heterocycles. The molecule has 0 unspecified atom stereocenters. The standard InChI is InChI=1S/C28H35NO8/c1-2-34-28-22(10-12-32-14-15-33-13-11-30)23(21-6-4-3-5-7-21)17-26(37-28)27(31)29-18-20-8-9-24-25(16-20)36-19-35-24/h3-9,16-17,22-23,28,30H,2,10-15,18-19H2,1H3,(H,29,31)/t22-,23+,28+/m1/s1. The molecule has 200 valence electrons. The van der Waals surface area contributed by atoms with Crippen LogP contribution in [0.25, 0.3) is 0 Å². The Labute approximate surface area is 217 Å². The predicted octanol–water partition coefficient (Wildman–Crippen LogP) is 3.12. The summed E-state index contributed by atoms with van der Waals surface area (Å²) in [6.07, 6.45) is 1.96. The van der Waals surface area contributed by atoms with Crippen LogP contribution in [0, 0.1) is 5.92 Å². The van der Waals surface area contributed by atoms with Gasteiger partial charge < -0.3 is 38.8 Å². The second kappa shape index (κ2) is 14.0. The van der Waals surface area contributed by atoms with Crippen LogP contribution in [0.4, 0.5) is 0 Å². The van der Waals surface area contributed by atoms with Crippen molar-refractivity contribution in [1.29, 1.82) is 0 Å². The van der Waals surface area contributed by atoms with Gasteiger partial charge >= 0.3 is 0 Å². The highest BCUT2D eigenvalue weighted by Crippen LogP contribution is 2.39. The highest BCUT2D eigenvalue weighted by molar-refractivity contribution is 5.91. The van der Waals surface area contributed by atoms with Gasteiger partial charge in [0.1, 0.15) is 0 Å². The molecule has 0 spiro atoms. The van der Waals surface area contributed by atoms with Gasteiger partial charge in [-0.15, -0.1) is 0 Å². The second-order valence-electron chi connectivity index (χ2n) is 8.68. The zero-order valence-electron chi connectivity index (χ0n) is 21.1. The molecule has 0 aromatic heterocycles. The van der Waals surface area contributed by atoms with Crippen molar-refractivity contribution >= 4 is 5.91 Å². The van der Waals surface area contributed by atoms with Gasteiger partial charge in [0.15, 0.2) is 17.3 Å². The van der Waals surface area contributed by atoms with Crippen LogP contribution in [0.2, 0.25) is 0 Å². The number of allylic oxidation sites excluding steroid dienone is 1. The first kappa shape index (κ1) is 26.9. The Balaban J connectivity index is 1.44. The lowest BCUT2D eigenvalue weighted by Gasteiger charge is -2.37. The molecule has 0 saturated heterocycles. The molecule has 2 aliphatic rings. The Bertz CT molecular complexity index is 1030. The maximum Gasteiger partial charge on any atom is 0.286 e. The van der Waals surface area contributed by atoms with Gasteiger partial charge in [0.25, 0.3) is 5.91 Å². The van der Waals surface area contributed by atoms with Crippen molar-refractivity contribution in [3.8, 4) is 11.5 Å². The molecule has 2 N–H and O–H groups in total. The molecule has 0 saturated carbocycles. The molecule has 0 radical (unpaired) electrons. The molecule has 1 amide bonds. The van der Waals surface area contributed by atoms with Crippen LogP contribution in [0.3, 0.4) is 0 Å². The van der Waals surface area contributed by atoms with E-state index in [1.165, 1.54) is 0 Å². The van der Waals surface area contributed by atoms with E-state index >= 15 is 0 Å². The first-order chi connectivity index (χ1) is 18.2. The third-order valence-electron chi connectivity index (χ3n) is 6.22. The van der Waals surface area contributed by atoms with E-state index in [9.17, 15) is 4.79 Å². The second-order valence-corrected chi connectivity index (χ2v) is 8.68.